The molecule has 0 atom stereocenters. The van der Waals surface area contributed by atoms with Crippen molar-refractivity contribution in [1.29, 1.82) is 0 Å². The average Bonchev–Trinajstić information content (AvgIpc) is 2.83. The summed E-state index contributed by atoms with van der Waals surface area (Å²) in [6.45, 7) is 2.22. The maximum absolute atomic E-state index is 12.1. The average molecular weight is 312 g/mol. The second-order valence-electron chi connectivity index (χ2n) is 5.88. The molecule has 1 N–H and O–H groups in total. The fourth-order valence-electron chi connectivity index (χ4n) is 2.75. The second-order valence-corrected chi connectivity index (χ2v) is 6.32. The third-order valence-corrected chi connectivity index (χ3v) is 4.21. The first-order valence-corrected chi connectivity index (χ1v) is 7.63. The molecule has 1 amide bonds. The zero-order valence-electron chi connectivity index (χ0n) is 12.6. The van der Waals surface area contributed by atoms with E-state index in [-0.39, 0.29) is 12.5 Å². The molecule has 4 nitrogen and oxygen atoms in total. The van der Waals surface area contributed by atoms with E-state index in [9.17, 15) is 9.90 Å². The molecular weight excluding hydrogens is 290 g/mol. The van der Waals surface area contributed by atoms with Crippen LogP contribution in [0.3, 0.4) is 0 Å². The number of halogens is 1. The highest BCUT2D eigenvalue weighted by atomic mass is 35.5. The Morgan fingerprint density at radius 3 is 2.71 bits per heavy atom. The number of rotatable bonds is 5. The van der Waals surface area contributed by atoms with Gasteiger partial charge in [0.25, 0.3) is 5.91 Å². The van der Waals surface area contributed by atoms with Gasteiger partial charge in [-0.25, -0.2) is 0 Å². The van der Waals surface area contributed by atoms with Gasteiger partial charge in [-0.2, -0.15) is 0 Å². The van der Waals surface area contributed by atoms with E-state index in [1.807, 2.05) is 6.92 Å². The maximum atomic E-state index is 12.1. The number of ether oxygens (including phenoxy) is 1. The van der Waals surface area contributed by atoms with Crippen molar-refractivity contribution < 1.29 is 14.6 Å². The number of likely N-dealkylation sites (N-methyl/N-ethyl adjacent to an activating group) is 1. The zero-order valence-corrected chi connectivity index (χ0v) is 13.3. The van der Waals surface area contributed by atoms with E-state index in [1.54, 1.807) is 30.1 Å². The molecule has 2 rings (SSSR count). The first-order valence-electron chi connectivity index (χ1n) is 7.25. The molecule has 0 radical (unpaired) electrons. The number of amides is 1. The summed E-state index contributed by atoms with van der Waals surface area (Å²) < 4.78 is 5.54. The van der Waals surface area contributed by atoms with Crippen molar-refractivity contribution in [3.8, 4) is 5.75 Å². The fraction of sp³-hybridized carbons (Fsp3) is 0.562. The van der Waals surface area contributed by atoms with Crippen molar-refractivity contribution in [2.24, 2.45) is 0 Å². The standard InChI is InChI=1S/C16H22ClNO3/c1-12-9-13(17)5-6-14(12)21-10-15(19)18(2)11-16(20)7-3-4-8-16/h5-6,9,20H,3-4,7-8,10-11H2,1-2H3. The van der Waals surface area contributed by atoms with Gasteiger partial charge in [0.05, 0.1) is 5.60 Å². The zero-order chi connectivity index (χ0) is 15.5. The number of carbonyl (C=O) groups excluding carboxylic acids is 1. The van der Waals surface area contributed by atoms with Gasteiger partial charge in [0.15, 0.2) is 6.61 Å². The van der Waals surface area contributed by atoms with Gasteiger partial charge in [-0.1, -0.05) is 24.4 Å². The second kappa shape index (κ2) is 6.67. The molecule has 0 spiro atoms. The number of aryl methyl sites for hydroxylation is 1. The van der Waals surface area contributed by atoms with E-state index in [0.29, 0.717) is 17.3 Å². The molecule has 1 aliphatic rings. The molecule has 1 saturated carbocycles. The fourth-order valence-corrected chi connectivity index (χ4v) is 2.97. The van der Waals surface area contributed by atoms with Crippen LogP contribution in [0.4, 0.5) is 0 Å². The lowest BCUT2D eigenvalue weighted by Gasteiger charge is -2.28. The Bertz CT molecular complexity index is 512. The minimum atomic E-state index is -0.722. The molecule has 5 heteroatoms. The number of carbonyl (C=O) groups is 1. The lowest BCUT2D eigenvalue weighted by Crippen LogP contribution is -2.43. The minimum Gasteiger partial charge on any atom is -0.483 e. The van der Waals surface area contributed by atoms with Crippen LogP contribution in [0.1, 0.15) is 31.2 Å². The summed E-state index contributed by atoms with van der Waals surface area (Å²) in [5.74, 6) is 0.519. The molecule has 21 heavy (non-hydrogen) atoms. The molecule has 0 aromatic heterocycles. The minimum absolute atomic E-state index is 0.0327. The van der Waals surface area contributed by atoms with Crippen LogP contribution in [0.5, 0.6) is 5.75 Å². The Hall–Kier alpha value is -1.26. The molecular formula is C16H22ClNO3. The van der Waals surface area contributed by atoms with Crippen LogP contribution in [0.2, 0.25) is 5.02 Å². The SMILES string of the molecule is Cc1cc(Cl)ccc1OCC(=O)N(C)CC1(O)CCCC1. The predicted octanol–water partition coefficient (Wildman–Crippen LogP) is 2.79. The van der Waals surface area contributed by atoms with E-state index in [4.69, 9.17) is 16.3 Å². The van der Waals surface area contributed by atoms with Gasteiger partial charge in [-0.15, -0.1) is 0 Å². The van der Waals surface area contributed by atoms with E-state index in [1.165, 1.54) is 0 Å². The van der Waals surface area contributed by atoms with Crippen LogP contribution in [-0.4, -0.2) is 41.7 Å². The molecule has 1 fully saturated rings. The predicted molar refractivity (Wildman–Crippen MR) is 82.7 cm³/mol. The summed E-state index contributed by atoms with van der Waals surface area (Å²) in [4.78, 5) is 13.6. The number of aliphatic hydroxyl groups is 1. The molecule has 0 saturated heterocycles. The van der Waals surface area contributed by atoms with Gasteiger partial charge < -0.3 is 14.7 Å². The van der Waals surface area contributed by atoms with Crippen LogP contribution in [0.15, 0.2) is 18.2 Å². The van der Waals surface area contributed by atoms with Crippen LogP contribution < -0.4 is 4.74 Å². The smallest absolute Gasteiger partial charge is 0.260 e. The highest BCUT2D eigenvalue weighted by molar-refractivity contribution is 6.30. The van der Waals surface area contributed by atoms with Crippen LogP contribution in [0.25, 0.3) is 0 Å². The van der Waals surface area contributed by atoms with E-state index in [2.05, 4.69) is 0 Å². The third kappa shape index (κ3) is 4.35. The van der Waals surface area contributed by atoms with Gasteiger partial charge in [0, 0.05) is 18.6 Å². The topological polar surface area (TPSA) is 49.8 Å². The Kier molecular flexibility index (Phi) is 5.12. The van der Waals surface area contributed by atoms with Crippen LogP contribution >= 0.6 is 11.6 Å². The van der Waals surface area contributed by atoms with Gasteiger partial charge in [0.1, 0.15) is 5.75 Å². The molecule has 1 aromatic carbocycles. The van der Waals surface area contributed by atoms with Gasteiger partial charge in [0.2, 0.25) is 0 Å². The number of hydrogen-bond donors (Lipinski definition) is 1. The highest BCUT2D eigenvalue weighted by Gasteiger charge is 2.33. The summed E-state index contributed by atoms with van der Waals surface area (Å²) in [7, 11) is 1.71. The lowest BCUT2D eigenvalue weighted by atomic mass is 10.0. The van der Waals surface area contributed by atoms with Crippen molar-refractivity contribution in [1.82, 2.24) is 4.90 Å². The summed E-state index contributed by atoms with van der Waals surface area (Å²) in [5.41, 5.74) is 0.174. The summed E-state index contributed by atoms with van der Waals surface area (Å²) in [6.07, 6.45) is 3.58. The Morgan fingerprint density at radius 1 is 1.43 bits per heavy atom. The van der Waals surface area contributed by atoms with E-state index < -0.39 is 5.60 Å². The van der Waals surface area contributed by atoms with Crippen molar-refractivity contribution in [2.75, 3.05) is 20.2 Å². The third-order valence-electron chi connectivity index (χ3n) is 3.98. The van der Waals surface area contributed by atoms with E-state index >= 15 is 0 Å². The van der Waals surface area contributed by atoms with Crippen molar-refractivity contribution in [2.45, 2.75) is 38.2 Å². The Balaban J connectivity index is 1.86. The number of hydrogen-bond acceptors (Lipinski definition) is 3. The molecule has 1 aliphatic carbocycles. The quantitative estimate of drug-likeness (QED) is 0.909. The summed E-state index contributed by atoms with van der Waals surface area (Å²) >= 11 is 5.88. The van der Waals surface area contributed by atoms with Gasteiger partial charge in [-0.3, -0.25) is 4.79 Å². The Labute approximate surface area is 130 Å². The van der Waals surface area contributed by atoms with Gasteiger partial charge >= 0.3 is 0 Å². The van der Waals surface area contributed by atoms with E-state index in [0.717, 1.165) is 31.2 Å². The summed E-state index contributed by atoms with van der Waals surface area (Å²) in [5, 5.41) is 11.0. The van der Waals surface area contributed by atoms with Gasteiger partial charge in [-0.05, 0) is 43.5 Å². The van der Waals surface area contributed by atoms with Crippen molar-refractivity contribution in [3.05, 3.63) is 28.8 Å². The lowest BCUT2D eigenvalue weighted by molar-refractivity contribution is -0.135. The number of benzene rings is 1. The monoisotopic (exact) mass is 311 g/mol. The molecule has 0 bridgehead atoms. The maximum Gasteiger partial charge on any atom is 0.260 e. The molecule has 0 aliphatic heterocycles. The molecule has 0 heterocycles. The highest BCUT2D eigenvalue weighted by Crippen LogP contribution is 2.30. The first-order chi connectivity index (χ1) is 9.89. The molecule has 1 aromatic rings. The largest absolute Gasteiger partial charge is 0.483 e. The normalized spacial score (nSPS) is 16.8. The molecule has 116 valence electrons. The van der Waals surface area contributed by atoms with Crippen LogP contribution in [-0.2, 0) is 4.79 Å². The van der Waals surface area contributed by atoms with Crippen molar-refractivity contribution in [3.63, 3.8) is 0 Å². The molecule has 0 unspecified atom stereocenters. The Morgan fingerprint density at radius 2 is 2.10 bits per heavy atom. The van der Waals surface area contributed by atoms with Crippen molar-refractivity contribution >= 4 is 17.5 Å². The number of nitrogens with zero attached hydrogens (tertiary/aromatic N) is 1. The summed E-state index contributed by atoms with van der Waals surface area (Å²) in [6, 6.07) is 5.29. The first kappa shape index (κ1) is 16.1. The van der Waals surface area contributed by atoms with Crippen LogP contribution in [0, 0.1) is 6.92 Å².